The van der Waals surface area contributed by atoms with E-state index in [0.717, 1.165) is 38.6 Å². The zero-order valence-corrected chi connectivity index (χ0v) is 12.4. The minimum atomic E-state index is -0.0483. The van der Waals surface area contributed by atoms with Crippen molar-refractivity contribution in [2.45, 2.75) is 71.4 Å². The molecule has 0 aromatic heterocycles. The first kappa shape index (κ1) is 16.7. The van der Waals surface area contributed by atoms with Gasteiger partial charge < -0.3 is 10.1 Å². The Morgan fingerprint density at radius 3 is 2.18 bits per heavy atom. The molecule has 17 heavy (non-hydrogen) atoms. The van der Waals surface area contributed by atoms with Gasteiger partial charge in [0.25, 0.3) is 0 Å². The van der Waals surface area contributed by atoms with Crippen LogP contribution < -0.4 is 5.32 Å². The van der Waals surface area contributed by atoms with Crippen molar-refractivity contribution in [2.75, 3.05) is 13.7 Å². The standard InChI is InChI=1S/C15H31NO/c1-7-11-16-14(12-13(5)8-2)15(9-3,10-4)17-6/h14,16H,5,7-12H2,1-4,6H3. The monoisotopic (exact) mass is 241 g/mol. The lowest BCUT2D eigenvalue weighted by Gasteiger charge is -2.39. The van der Waals surface area contributed by atoms with Crippen LogP contribution >= 0.6 is 0 Å². The molecule has 102 valence electrons. The molecule has 1 unspecified atom stereocenters. The summed E-state index contributed by atoms with van der Waals surface area (Å²) in [5, 5.41) is 3.64. The van der Waals surface area contributed by atoms with Crippen molar-refractivity contribution in [1.82, 2.24) is 5.32 Å². The Hall–Kier alpha value is -0.340. The van der Waals surface area contributed by atoms with Crippen LogP contribution in [0.15, 0.2) is 12.2 Å². The minimum absolute atomic E-state index is 0.0483. The number of methoxy groups -OCH3 is 1. The van der Waals surface area contributed by atoms with Crippen LogP contribution in [0, 0.1) is 0 Å². The molecule has 0 aliphatic carbocycles. The summed E-state index contributed by atoms with van der Waals surface area (Å²) in [5.74, 6) is 0. The summed E-state index contributed by atoms with van der Waals surface area (Å²) in [6.45, 7) is 14.0. The maximum Gasteiger partial charge on any atom is 0.0828 e. The van der Waals surface area contributed by atoms with Crippen LogP contribution in [0.3, 0.4) is 0 Å². The number of hydrogen-bond donors (Lipinski definition) is 1. The van der Waals surface area contributed by atoms with Crippen molar-refractivity contribution in [3.05, 3.63) is 12.2 Å². The predicted molar refractivity (Wildman–Crippen MR) is 76.5 cm³/mol. The van der Waals surface area contributed by atoms with E-state index >= 15 is 0 Å². The second-order valence-corrected chi connectivity index (χ2v) is 4.79. The SMILES string of the molecule is C=C(CC)CC(NCCC)C(CC)(CC)OC. The highest BCUT2D eigenvalue weighted by atomic mass is 16.5. The molecule has 0 fully saturated rings. The molecule has 0 aliphatic rings. The van der Waals surface area contributed by atoms with Crippen molar-refractivity contribution in [1.29, 1.82) is 0 Å². The van der Waals surface area contributed by atoms with Gasteiger partial charge in [-0.1, -0.05) is 39.8 Å². The van der Waals surface area contributed by atoms with Gasteiger partial charge in [-0.15, -0.1) is 0 Å². The second-order valence-electron chi connectivity index (χ2n) is 4.79. The highest BCUT2D eigenvalue weighted by Gasteiger charge is 2.35. The Balaban J connectivity index is 4.78. The van der Waals surface area contributed by atoms with Gasteiger partial charge in [0.15, 0.2) is 0 Å². The molecule has 0 rings (SSSR count). The van der Waals surface area contributed by atoms with Gasteiger partial charge in [-0.25, -0.2) is 0 Å². The van der Waals surface area contributed by atoms with Crippen LogP contribution in [0.5, 0.6) is 0 Å². The van der Waals surface area contributed by atoms with Gasteiger partial charge in [0.2, 0.25) is 0 Å². The van der Waals surface area contributed by atoms with Crippen LogP contribution in [-0.2, 0) is 4.74 Å². The van der Waals surface area contributed by atoms with E-state index in [2.05, 4.69) is 39.6 Å². The average molecular weight is 241 g/mol. The van der Waals surface area contributed by atoms with E-state index in [4.69, 9.17) is 4.74 Å². The maximum atomic E-state index is 5.84. The summed E-state index contributed by atoms with van der Waals surface area (Å²) in [4.78, 5) is 0. The fraction of sp³-hybridized carbons (Fsp3) is 0.867. The van der Waals surface area contributed by atoms with E-state index in [-0.39, 0.29) is 5.60 Å². The zero-order valence-electron chi connectivity index (χ0n) is 12.4. The summed E-state index contributed by atoms with van der Waals surface area (Å²) in [5.41, 5.74) is 1.26. The van der Waals surface area contributed by atoms with Crippen LogP contribution in [0.2, 0.25) is 0 Å². The van der Waals surface area contributed by atoms with E-state index in [1.165, 1.54) is 5.57 Å². The molecule has 0 aromatic carbocycles. The fourth-order valence-corrected chi connectivity index (χ4v) is 2.37. The van der Waals surface area contributed by atoms with Gasteiger partial charge in [0.05, 0.1) is 5.60 Å². The normalized spacial score (nSPS) is 13.7. The topological polar surface area (TPSA) is 21.3 Å². The average Bonchev–Trinajstić information content (AvgIpc) is 2.37. The quantitative estimate of drug-likeness (QED) is 0.585. The van der Waals surface area contributed by atoms with Crippen LogP contribution in [0.1, 0.15) is 59.8 Å². The molecule has 1 atom stereocenters. The Bertz CT molecular complexity index is 201. The molecule has 0 heterocycles. The summed E-state index contributed by atoms with van der Waals surface area (Å²) in [6.07, 6.45) is 5.31. The molecule has 0 radical (unpaired) electrons. The largest absolute Gasteiger partial charge is 0.377 e. The van der Waals surface area contributed by atoms with Crippen LogP contribution in [0.25, 0.3) is 0 Å². The van der Waals surface area contributed by atoms with E-state index < -0.39 is 0 Å². The molecule has 0 saturated heterocycles. The predicted octanol–water partition coefficient (Wildman–Crippen LogP) is 3.92. The Morgan fingerprint density at radius 2 is 1.82 bits per heavy atom. The lowest BCUT2D eigenvalue weighted by molar-refractivity contribution is -0.0472. The minimum Gasteiger partial charge on any atom is -0.377 e. The zero-order chi connectivity index (χ0) is 13.3. The number of hydrogen-bond acceptors (Lipinski definition) is 2. The van der Waals surface area contributed by atoms with E-state index in [1.807, 2.05) is 7.11 Å². The van der Waals surface area contributed by atoms with Crippen LogP contribution in [-0.4, -0.2) is 25.3 Å². The Kier molecular flexibility index (Phi) is 8.53. The summed E-state index contributed by atoms with van der Waals surface area (Å²) in [6, 6.07) is 0.384. The third-order valence-corrected chi connectivity index (χ3v) is 3.87. The highest BCUT2D eigenvalue weighted by Crippen LogP contribution is 2.28. The molecule has 2 heteroatoms. The fourth-order valence-electron chi connectivity index (χ4n) is 2.37. The van der Waals surface area contributed by atoms with Gasteiger partial charge in [-0.3, -0.25) is 0 Å². The summed E-state index contributed by atoms with van der Waals surface area (Å²) in [7, 11) is 1.84. The maximum absolute atomic E-state index is 5.84. The molecule has 0 aliphatic heterocycles. The third-order valence-electron chi connectivity index (χ3n) is 3.87. The molecule has 0 spiro atoms. The second kappa shape index (κ2) is 8.71. The Morgan fingerprint density at radius 1 is 1.24 bits per heavy atom. The van der Waals surface area contributed by atoms with E-state index in [1.54, 1.807) is 0 Å². The number of ether oxygens (including phenoxy) is 1. The smallest absolute Gasteiger partial charge is 0.0828 e. The lowest BCUT2D eigenvalue weighted by Crippen LogP contribution is -2.51. The van der Waals surface area contributed by atoms with Gasteiger partial charge in [-0.2, -0.15) is 0 Å². The first-order valence-corrected chi connectivity index (χ1v) is 7.05. The highest BCUT2D eigenvalue weighted by molar-refractivity contribution is 5.03. The van der Waals surface area contributed by atoms with Crippen molar-refractivity contribution < 1.29 is 4.74 Å². The van der Waals surface area contributed by atoms with Gasteiger partial charge in [0, 0.05) is 13.2 Å². The van der Waals surface area contributed by atoms with Crippen LogP contribution in [0.4, 0.5) is 0 Å². The van der Waals surface area contributed by atoms with E-state index in [9.17, 15) is 0 Å². The first-order valence-electron chi connectivity index (χ1n) is 7.05. The molecule has 0 amide bonds. The van der Waals surface area contributed by atoms with Gasteiger partial charge >= 0.3 is 0 Å². The van der Waals surface area contributed by atoms with Crippen molar-refractivity contribution in [2.24, 2.45) is 0 Å². The molecular formula is C15H31NO. The molecule has 2 nitrogen and oxygen atoms in total. The summed E-state index contributed by atoms with van der Waals surface area (Å²) >= 11 is 0. The summed E-state index contributed by atoms with van der Waals surface area (Å²) < 4.78 is 5.84. The van der Waals surface area contributed by atoms with Gasteiger partial charge in [-0.05, 0) is 38.6 Å². The molecule has 0 aromatic rings. The molecule has 0 saturated carbocycles. The van der Waals surface area contributed by atoms with Crippen molar-refractivity contribution in [3.63, 3.8) is 0 Å². The number of rotatable bonds is 10. The van der Waals surface area contributed by atoms with Gasteiger partial charge in [0.1, 0.15) is 0 Å². The molecule has 0 bridgehead atoms. The number of nitrogens with one attached hydrogen (secondary N) is 1. The Labute approximate surface area is 108 Å². The van der Waals surface area contributed by atoms with Crippen molar-refractivity contribution in [3.8, 4) is 0 Å². The van der Waals surface area contributed by atoms with E-state index in [0.29, 0.717) is 6.04 Å². The molecular weight excluding hydrogens is 210 g/mol. The first-order chi connectivity index (χ1) is 8.10. The third kappa shape index (κ3) is 4.81. The lowest BCUT2D eigenvalue weighted by atomic mass is 9.84. The van der Waals surface area contributed by atoms with Crippen molar-refractivity contribution >= 4 is 0 Å². The molecule has 1 N–H and O–H groups in total.